The van der Waals surface area contributed by atoms with E-state index in [2.05, 4.69) is 35.3 Å². The van der Waals surface area contributed by atoms with Crippen LogP contribution < -0.4 is 21.5 Å². The second-order valence-electron chi connectivity index (χ2n) is 6.49. The highest BCUT2D eigenvalue weighted by atomic mass is 32.1. The molecule has 1 atom stereocenters. The summed E-state index contributed by atoms with van der Waals surface area (Å²) in [5.74, 6) is 0.946. The van der Waals surface area contributed by atoms with Crippen LogP contribution in [0.1, 0.15) is 61.4 Å². The topological polar surface area (TPSA) is 95.4 Å². The Balaban J connectivity index is 2.20. The number of amides is 2. The van der Waals surface area contributed by atoms with Crippen molar-refractivity contribution in [3.63, 3.8) is 0 Å². The molecule has 0 saturated carbocycles. The third kappa shape index (κ3) is 8.33. The molecular weight excluding hydrogens is 352 g/mol. The molecule has 0 spiro atoms. The molecule has 1 heterocycles. The SMILES string of the molecule is CCCCCC(C)CNC(=S)NNC(=O)CNC(=O)c1cc(C)oc1C. The first-order chi connectivity index (χ1) is 12.3. The monoisotopic (exact) mass is 382 g/mol. The molecule has 0 radical (unpaired) electrons. The predicted octanol–water partition coefficient (Wildman–Crippen LogP) is 2.34. The fraction of sp³-hybridized carbons (Fsp3) is 0.611. The Morgan fingerprint density at radius 1 is 1.19 bits per heavy atom. The van der Waals surface area contributed by atoms with Gasteiger partial charge in [-0.2, -0.15) is 0 Å². The summed E-state index contributed by atoms with van der Waals surface area (Å²) in [7, 11) is 0. The third-order valence-electron chi connectivity index (χ3n) is 3.92. The van der Waals surface area contributed by atoms with Crippen molar-refractivity contribution >= 4 is 29.1 Å². The smallest absolute Gasteiger partial charge is 0.257 e. The molecule has 0 aliphatic carbocycles. The molecular formula is C18H30N4O3S. The van der Waals surface area contributed by atoms with Crippen LogP contribution in [-0.4, -0.2) is 30.0 Å². The second kappa shape index (κ2) is 11.5. The van der Waals surface area contributed by atoms with E-state index in [0.717, 1.165) is 13.0 Å². The van der Waals surface area contributed by atoms with E-state index in [-0.39, 0.29) is 12.5 Å². The molecule has 1 unspecified atom stereocenters. The zero-order valence-corrected chi connectivity index (χ0v) is 16.8. The van der Waals surface area contributed by atoms with Gasteiger partial charge in [-0.1, -0.05) is 33.1 Å². The Morgan fingerprint density at radius 3 is 2.54 bits per heavy atom. The number of rotatable bonds is 9. The zero-order valence-electron chi connectivity index (χ0n) is 16.0. The first-order valence-corrected chi connectivity index (χ1v) is 9.42. The van der Waals surface area contributed by atoms with Gasteiger partial charge in [-0.25, -0.2) is 0 Å². The van der Waals surface area contributed by atoms with Crippen LogP contribution in [0.5, 0.6) is 0 Å². The lowest BCUT2D eigenvalue weighted by Gasteiger charge is -2.15. The second-order valence-corrected chi connectivity index (χ2v) is 6.90. The summed E-state index contributed by atoms with van der Waals surface area (Å²) in [5.41, 5.74) is 5.52. The van der Waals surface area contributed by atoms with E-state index in [4.69, 9.17) is 16.6 Å². The maximum atomic E-state index is 12.0. The Bertz CT molecular complexity index is 616. The number of furan rings is 1. The lowest BCUT2D eigenvalue weighted by molar-refractivity contribution is -0.120. The van der Waals surface area contributed by atoms with Gasteiger partial charge in [0.15, 0.2) is 5.11 Å². The average Bonchev–Trinajstić information content (AvgIpc) is 2.94. The number of nitrogens with one attached hydrogen (secondary N) is 4. The van der Waals surface area contributed by atoms with Gasteiger partial charge < -0.3 is 15.1 Å². The van der Waals surface area contributed by atoms with Crippen LogP contribution in [0.2, 0.25) is 0 Å². The normalized spacial score (nSPS) is 11.5. The van der Waals surface area contributed by atoms with Crippen LogP contribution in [0.4, 0.5) is 0 Å². The molecule has 0 aliphatic heterocycles. The average molecular weight is 383 g/mol. The van der Waals surface area contributed by atoms with Crippen LogP contribution in [-0.2, 0) is 4.79 Å². The summed E-state index contributed by atoms with van der Waals surface area (Å²) >= 11 is 5.12. The number of aryl methyl sites for hydroxylation is 2. The molecule has 1 aromatic rings. The highest BCUT2D eigenvalue weighted by Crippen LogP contribution is 2.13. The molecule has 0 saturated heterocycles. The minimum absolute atomic E-state index is 0.161. The number of thiocarbonyl (C=S) groups is 1. The summed E-state index contributed by atoms with van der Waals surface area (Å²) in [6.45, 7) is 8.41. The van der Waals surface area contributed by atoms with E-state index in [1.165, 1.54) is 19.3 Å². The molecule has 2 amide bonds. The number of carbonyl (C=O) groups is 2. The molecule has 0 bridgehead atoms. The Hall–Kier alpha value is -2.09. The van der Waals surface area contributed by atoms with Gasteiger partial charge in [0.2, 0.25) is 0 Å². The van der Waals surface area contributed by atoms with Gasteiger partial charge in [0.1, 0.15) is 11.5 Å². The largest absolute Gasteiger partial charge is 0.466 e. The van der Waals surface area contributed by atoms with Crippen molar-refractivity contribution in [3.8, 4) is 0 Å². The van der Waals surface area contributed by atoms with E-state index in [1.807, 2.05) is 0 Å². The molecule has 26 heavy (non-hydrogen) atoms. The summed E-state index contributed by atoms with van der Waals surface area (Å²) in [4.78, 5) is 23.8. The molecule has 146 valence electrons. The van der Waals surface area contributed by atoms with E-state index in [1.54, 1.807) is 19.9 Å². The van der Waals surface area contributed by atoms with Gasteiger partial charge in [-0.15, -0.1) is 0 Å². The molecule has 1 aromatic heterocycles. The lowest BCUT2D eigenvalue weighted by atomic mass is 10.0. The number of unbranched alkanes of at least 4 members (excludes halogenated alkanes) is 2. The van der Waals surface area contributed by atoms with E-state index in [9.17, 15) is 9.59 Å². The van der Waals surface area contributed by atoms with Gasteiger partial charge in [0.25, 0.3) is 11.8 Å². The van der Waals surface area contributed by atoms with E-state index < -0.39 is 5.91 Å². The third-order valence-corrected chi connectivity index (χ3v) is 4.17. The van der Waals surface area contributed by atoms with E-state index >= 15 is 0 Å². The fourth-order valence-corrected chi connectivity index (χ4v) is 2.57. The number of hydrazine groups is 1. The first kappa shape index (κ1) is 22.0. The highest BCUT2D eigenvalue weighted by Gasteiger charge is 2.14. The van der Waals surface area contributed by atoms with Crippen LogP contribution in [0.15, 0.2) is 10.5 Å². The molecule has 8 heteroatoms. The van der Waals surface area contributed by atoms with Crippen molar-refractivity contribution in [2.24, 2.45) is 5.92 Å². The zero-order chi connectivity index (χ0) is 19.5. The van der Waals surface area contributed by atoms with Crippen molar-refractivity contribution < 1.29 is 14.0 Å². The maximum absolute atomic E-state index is 12.0. The predicted molar refractivity (Wildman–Crippen MR) is 106 cm³/mol. The number of hydrogen-bond donors (Lipinski definition) is 4. The summed E-state index contributed by atoms with van der Waals surface area (Å²) in [5, 5.41) is 5.97. The van der Waals surface area contributed by atoms with E-state index in [0.29, 0.717) is 28.1 Å². The minimum atomic E-state index is -0.392. The van der Waals surface area contributed by atoms with Crippen molar-refractivity contribution in [2.75, 3.05) is 13.1 Å². The van der Waals surface area contributed by atoms with Gasteiger partial charge in [-0.3, -0.25) is 20.4 Å². The number of carbonyl (C=O) groups excluding carboxylic acids is 2. The van der Waals surface area contributed by atoms with Crippen LogP contribution in [0, 0.1) is 19.8 Å². The minimum Gasteiger partial charge on any atom is -0.466 e. The Kier molecular flexibility index (Phi) is 9.72. The molecule has 0 aliphatic rings. The van der Waals surface area contributed by atoms with Crippen LogP contribution in [0.25, 0.3) is 0 Å². The Labute approximate surface area is 160 Å². The fourth-order valence-electron chi connectivity index (χ4n) is 2.44. The number of hydrogen-bond acceptors (Lipinski definition) is 4. The van der Waals surface area contributed by atoms with Crippen LogP contribution >= 0.6 is 12.2 Å². The van der Waals surface area contributed by atoms with Crippen LogP contribution in [0.3, 0.4) is 0 Å². The van der Waals surface area contributed by atoms with Crippen molar-refractivity contribution in [3.05, 3.63) is 23.2 Å². The molecule has 0 aromatic carbocycles. The first-order valence-electron chi connectivity index (χ1n) is 9.01. The van der Waals surface area contributed by atoms with Crippen molar-refractivity contribution in [1.29, 1.82) is 0 Å². The van der Waals surface area contributed by atoms with Gasteiger partial charge in [-0.05, 0) is 44.5 Å². The molecule has 0 fully saturated rings. The molecule has 7 nitrogen and oxygen atoms in total. The van der Waals surface area contributed by atoms with Crippen molar-refractivity contribution in [1.82, 2.24) is 21.5 Å². The van der Waals surface area contributed by atoms with Crippen molar-refractivity contribution in [2.45, 2.75) is 53.4 Å². The quantitative estimate of drug-likeness (QED) is 0.297. The molecule has 1 rings (SSSR count). The maximum Gasteiger partial charge on any atom is 0.257 e. The standard InChI is InChI=1S/C18H30N4O3S/c1-5-6-7-8-12(2)10-20-18(26)22-21-16(23)11-19-17(24)15-9-13(3)25-14(15)4/h9,12H,5-8,10-11H2,1-4H3,(H,19,24)(H,21,23)(H2,20,22,26). The van der Waals surface area contributed by atoms with Gasteiger partial charge in [0.05, 0.1) is 12.1 Å². The van der Waals surface area contributed by atoms with Gasteiger partial charge in [0, 0.05) is 6.54 Å². The summed E-state index contributed by atoms with van der Waals surface area (Å²) in [6.07, 6.45) is 4.82. The lowest BCUT2D eigenvalue weighted by Crippen LogP contribution is -2.50. The Morgan fingerprint density at radius 2 is 1.92 bits per heavy atom. The highest BCUT2D eigenvalue weighted by molar-refractivity contribution is 7.80. The summed E-state index contributed by atoms with van der Waals surface area (Å²) < 4.78 is 5.30. The van der Waals surface area contributed by atoms with Gasteiger partial charge >= 0.3 is 0 Å². The molecule has 4 N–H and O–H groups in total. The summed E-state index contributed by atoms with van der Waals surface area (Å²) in [6, 6.07) is 1.64.